The van der Waals surface area contributed by atoms with E-state index in [0.717, 1.165) is 5.56 Å². The van der Waals surface area contributed by atoms with Gasteiger partial charge in [0.15, 0.2) is 0 Å². The lowest BCUT2D eigenvalue weighted by Crippen LogP contribution is -2.23. The number of carbonyl (C=O) groups excluding carboxylic acids is 1. The highest BCUT2D eigenvalue weighted by Crippen LogP contribution is 2.04. The Bertz CT molecular complexity index is 645. The highest BCUT2D eigenvalue weighted by molar-refractivity contribution is 5.95. The molecule has 21 heavy (non-hydrogen) atoms. The normalized spacial score (nSPS) is 10.5. The highest BCUT2D eigenvalue weighted by atomic mass is 16.4. The van der Waals surface area contributed by atoms with Gasteiger partial charge in [-0.2, -0.15) is 0 Å². The van der Waals surface area contributed by atoms with Gasteiger partial charge in [0.05, 0.1) is 5.56 Å². The molecule has 0 saturated heterocycles. The standard InChI is InChI=1S/C17H15NO3/c19-16(14-8-10-15(11-9-14)17(20)21)18-12-4-7-13-5-2-1-3-6-13/h1-11H,12H2,(H,18,19)(H,20,21)/b7-4+. The molecule has 0 aliphatic heterocycles. The minimum atomic E-state index is -1.01. The number of carbonyl (C=O) groups is 2. The molecule has 0 fully saturated rings. The topological polar surface area (TPSA) is 66.4 Å². The molecule has 0 aliphatic carbocycles. The van der Waals surface area contributed by atoms with Gasteiger partial charge < -0.3 is 10.4 Å². The molecular weight excluding hydrogens is 266 g/mol. The third kappa shape index (κ3) is 4.31. The van der Waals surface area contributed by atoms with Crippen LogP contribution in [0.1, 0.15) is 26.3 Å². The molecule has 2 aromatic rings. The van der Waals surface area contributed by atoms with Gasteiger partial charge in [-0.25, -0.2) is 4.79 Å². The molecule has 0 atom stereocenters. The first kappa shape index (κ1) is 14.5. The Labute approximate surface area is 122 Å². The maximum absolute atomic E-state index is 11.8. The Balaban J connectivity index is 1.87. The predicted octanol–water partition coefficient (Wildman–Crippen LogP) is 2.83. The number of nitrogens with one attached hydrogen (secondary N) is 1. The van der Waals surface area contributed by atoms with Crippen LogP contribution in [0.4, 0.5) is 0 Å². The SMILES string of the molecule is O=C(O)c1ccc(C(=O)NC/C=C/c2ccccc2)cc1. The summed E-state index contributed by atoms with van der Waals surface area (Å²) < 4.78 is 0. The lowest BCUT2D eigenvalue weighted by atomic mass is 10.1. The predicted molar refractivity (Wildman–Crippen MR) is 81.2 cm³/mol. The minimum absolute atomic E-state index is 0.163. The van der Waals surface area contributed by atoms with E-state index >= 15 is 0 Å². The van der Waals surface area contributed by atoms with Crippen LogP contribution >= 0.6 is 0 Å². The van der Waals surface area contributed by atoms with Crippen LogP contribution < -0.4 is 5.32 Å². The molecule has 1 amide bonds. The quantitative estimate of drug-likeness (QED) is 0.885. The summed E-state index contributed by atoms with van der Waals surface area (Å²) >= 11 is 0. The zero-order chi connectivity index (χ0) is 15.1. The van der Waals surface area contributed by atoms with Crippen molar-refractivity contribution in [2.75, 3.05) is 6.54 Å². The van der Waals surface area contributed by atoms with Crippen molar-refractivity contribution >= 4 is 18.0 Å². The molecule has 2 rings (SSSR count). The average molecular weight is 281 g/mol. The fourth-order valence-electron chi connectivity index (χ4n) is 1.78. The lowest BCUT2D eigenvalue weighted by Gasteiger charge is -2.02. The van der Waals surface area contributed by atoms with Crippen molar-refractivity contribution in [2.24, 2.45) is 0 Å². The van der Waals surface area contributed by atoms with Crippen molar-refractivity contribution in [3.05, 3.63) is 77.4 Å². The van der Waals surface area contributed by atoms with Crippen LogP contribution in [-0.4, -0.2) is 23.5 Å². The largest absolute Gasteiger partial charge is 0.478 e. The molecule has 0 aromatic heterocycles. The molecule has 2 aromatic carbocycles. The molecule has 0 spiro atoms. The van der Waals surface area contributed by atoms with Crippen LogP contribution in [0.25, 0.3) is 6.08 Å². The van der Waals surface area contributed by atoms with Crippen LogP contribution in [0.2, 0.25) is 0 Å². The number of amides is 1. The Morgan fingerprint density at radius 3 is 2.19 bits per heavy atom. The van der Waals surface area contributed by atoms with Gasteiger partial charge in [0, 0.05) is 12.1 Å². The van der Waals surface area contributed by atoms with Crippen LogP contribution in [-0.2, 0) is 0 Å². The molecule has 0 saturated carbocycles. The number of carboxylic acid groups (broad SMARTS) is 1. The van der Waals surface area contributed by atoms with E-state index < -0.39 is 5.97 Å². The first-order valence-corrected chi connectivity index (χ1v) is 6.50. The van der Waals surface area contributed by atoms with E-state index in [-0.39, 0.29) is 11.5 Å². The van der Waals surface area contributed by atoms with Crippen molar-refractivity contribution in [1.29, 1.82) is 0 Å². The van der Waals surface area contributed by atoms with Gasteiger partial charge in [0.2, 0.25) is 0 Å². The summed E-state index contributed by atoms with van der Waals surface area (Å²) in [6, 6.07) is 15.6. The van der Waals surface area contributed by atoms with E-state index in [1.165, 1.54) is 24.3 Å². The van der Waals surface area contributed by atoms with E-state index in [0.29, 0.717) is 12.1 Å². The molecular formula is C17H15NO3. The second kappa shape index (κ2) is 7.05. The van der Waals surface area contributed by atoms with Crippen molar-refractivity contribution in [3.63, 3.8) is 0 Å². The first-order valence-electron chi connectivity index (χ1n) is 6.50. The van der Waals surface area contributed by atoms with Gasteiger partial charge in [0.1, 0.15) is 0 Å². The molecule has 0 aliphatic rings. The second-order valence-electron chi connectivity index (χ2n) is 4.41. The van der Waals surface area contributed by atoms with Crippen molar-refractivity contribution in [3.8, 4) is 0 Å². The highest BCUT2D eigenvalue weighted by Gasteiger charge is 2.06. The zero-order valence-electron chi connectivity index (χ0n) is 11.3. The third-order valence-corrected chi connectivity index (χ3v) is 2.88. The van der Waals surface area contributed by atoms with E-state index in [2.05, 4.69) is 5.32 Å². The molecule has 2 N–H and O–H groups in total. The number of hydrogen-bond acceptors (Lipinski definition) is 2. The smallest absolute Gasteiger partial charge is 0.335 e. The van der Waals surface area contributed by atoms with E-state index in [9.17, 15) is 9.59 Å². The Morgan fingerprint density at radius 2 is 1.57 bits per heavy atom. The maximum atomic E-state index is 11.8. The third-order valence-electron chi connectivity index (χ3n) is 2.88. The fourth-order valence-corrected chi connectivity index (χ4v) is 1.78. The fraction of sp³-hybridized carbons (Fsp3) is 0.0588. The lowest BCUT2D eigenvalue weighted by molar-refractivity contribution is 0.0696. The minimum Gasteiger partial charge on any atom is -0.478 e. The molecule has 106 valence electrons. The van der Waals surface area contributed by atoms with Gasteiger partial charge in [0.25, 0.3) is 5.91 Å². The first-order chi connectivity index (χ1) is 10.2. The Hall–Kier alpha value is -2.88. The Morgan fingerprint density at radius 1 is 0.952 bits per heavy atom. The summed E-state index contributed by atoms with van der Waals surface area (Å²) in [4.78, 5) is 22.6. The Kier molecular flexibility index (Phi) is 4.88. The summed E-state index contributed by atoms with van der Waals surface area (Å²) in [5.74, 6) is -1.24. The summed E-state index contributed by atoms with van der Waals surface area (Å²) in [5, 5.41) is 11.5. The summed E-state index contributed by atoms with van der Waals surface area (Å²) in [6.45, 7) is 0.411. The summed E-state index contributed by atoms with van der Waals surface area (Å²) in [7, 11) is 0. The van der Waals surface area contributed by atoms with Crippen molar-refractivity contribution in [2.45, 2.75) is 0 Å². The van der Waals surface area contributed by atoms with Crippen LogP contribution in [0.3, 0.4) is 0 Å². The van der Waals surface area contributed by atoms with Gasteiger partial charge in [-0.1, -0.05) is 42.5 Å². The molecule has 0 bridgehead atoms. The molecule has 4 nitrogen and oxygen atoms in total. The number of carboxylic acids is 1. The van der Waals surface area contributed by atoms with E-state index in [1.54, 1.807) is 0 Å². The van der Waals surface area contributed by atoms with Gasteiger partial charge >= 0.3 is 5.97 Å². The number of benzene rings is 2. The number of hydrogen-bond donors (Lipinski definition) is 2. The van der Waals surface area contributed by atoms with Gasteiger partial charge in [-0.15, -0.1) is 0 Å². The van der Waals surface area contributed by atoms with Gasteiger partial charge in [-0.05, 0) is 29.8 Å². The maximum Gasteiger partial charge on any atom is 0.335 e. The molecule has 0 radical (unpaired) electrons. The van der Waals surface area contributed by atoms with Crippen LogP contribution in [0.5, 0.6) is 0 Å². The average Bonchev–Trinajstić information content (AvgIpc) is 2.52. The van der Waals surface area contributed by atoms with Crippen LogP contribution in [0.15, 0.2) is 60.7 Å². The van der Waals surface area contributed by atoms with E-state index in [4.69, 9.17) is 5.11 Å². The molecule has 4 heteroatoms. The summed E-state index contributed by atoms with van der Waals surface area (Å²) in [6.07, 6.45) is 3.78. The summed E-state index contributed by atoms with van der Waals surface area (Å²) in [5.41, 5.74) is 1.67. The monoisotopic (exact) mass is 281 g/mol. The molecule has 0 unspecified atom stereocenters. The van der Waals surface area contributed by atoms with E-state index in [1.807, 2.05) is 42.5 Å². The number of aromatic carboxylic acids is 1. The van der Waals surface area contributed by atoms with Gasteiger partial charge in [-0.3, -0.25) is 4.79 Å². The molecule has 0 heterocycles. The van der Waals surface area contributed by atoms with Crippen LogP contribution in [0, 0.1) is 0 Å². The number of rotatable bonds is 5. The second-order valence-corrected chi connectivity index (χ2v) is 4.41. The van der Waals surface area contributed by atoms with Crippen molar-refractivity contribution in [1.82, 2.24) is 5.32 Å². The van der Waals surface area contributed by atoms with Crippen molar-refractivity contribution < 1.29 is 14.7 Å². The zero-order valence-corrected chi connectivity index (χ0v) is 11.3.